The fourth-order valence-electron chi connectivity index (χ4n) is 2.47. The van der Waals surface area contributed by atoms with E-state index >= 15 is 0 Å². The molecule has 0 aromatic heterocycles. The van der Waals surface area contributed by atoms with E-state index < -0.39 is 6.10 Å². The van der Waals surface area contributed by atoms with Gasteiger partial charge in [0.2, 0.25) is 0 Å². The van der Waals surface area contributed by atoms with Gasteiger partial charge in [0.1, 0.15) is 5.75 Å². The van der Waals surface area contributed by atoms with Crippen LogP contribution >= 0.6 is 0 Å². The van der Waals surface area contributed by atoms with Crippen LogP contribution in [0.25, 0.3) is 0 Å². The van der Waals surface area contributed by atoms with E-state index in [9.17, 15) is 9.59 Å². The number of hydrogen-bond donors (Lipinski definition) is 2. The van der Waals surface area contributed by atoms with E-state index in [4.69, 9.17) is 4.74 Å². The zero-order valence-corrected chi connectivity index (χ0v) is 14.8. The van der Waals surface area contributed by atoms with Crippen LogP contribution < -0.4 is 15.4 Å². The highest BCUT2D eigenvalue weighted by molar-refractivity contribution is 5.99. The van der Waals surface area contributed by atoms with E-state index in [-0.39, 0.29) is 11.9 Å². The third kappa shape index (κ3) is 4.61. The normalized spacial score (nSPS) is 16.2. The van der Waals surface area contributed by atoms with E-state index in [1.165, 1.54) is 0 Å². The topological polar surface area (TPSA) is 73.9 Å². The Labute approximate surface area is 142 Å². The molecule has 0 radical (unpaired) electrons. The van der Waals surface area contributed by atoms with Gasteiger partial charge in [0.15, 0.2) is 6.10 Å². The Morgan fingerprint density at radius 2 is 2.08 bits per heavy atom. The summed E-state index contributed by atoms with van der Waals surface area (Å²) in [4.78, 5) is 27.9. The zero-order chi connectivity index (χ0) is 17.7. The highest BCUT2D eigenvalue weighted by atomic mass is 16.5. The van der Waals surface area contributed by atoms with Gasteiger partial charge in [-0.15, -0.1) is 0 Å². The Kier molecular flexibility index (Phi) is 6.03. The van der Waals surface area contributed by atoms with Crippen molar-refractivity contribution in [1.82, 2.24) is 9.80 Å². The van der Waals surface area contributed by atoms with Gasteiger partial charge < -0.3 is 25.2 Å². The Bertz CT molecular complexity index is 603. The molecule has 1 atom stereocenters. The predicted molar refractivity (Wildman–Crippen MR) is 94.6 cm³/mol. The van der Waals surface area contributed by atoms with Crippen molar-refractivity contribution in [3.63, 3.8) is 0 Å². The lowest BCUT2D eigenvalue weighted by molar-refractivity contribution is -0.122. The van der Waals surface area contributed by atoms with Gasteiger partial charge in [-0.3, -0.25) is 4.79 Å². The van der Waals surface area contributed by atoms with Crippen molar-refractivity contribution in [1.29, 1.82) is 0 Å². The number of carbonyl (C=O) groups excluding carboxylic acids is 2. The fraction of sp³-hybridized carbons (Fsp3) is 0.529. The van der Waals surface area contributed by atoms with Crippen LogP contribution in [-0.2, 0) is 4.79 Å². The summed E-state index contributed by atoms with van der Waals surface area (Å²) in [6.45, 7) is 5.92. The minimum Gasteiger partial charge on any atom is -0.479 e. The highest BCUT2D eigenvalue weighted by Crippen LogP contribution is 2.32. The van der Waals surface area contributed by atoms with Gasteiger partial charge in [-0.1, -0.05) is 0 Å². The van der Waals surface area contributed by atoms with Gasteiger partial charge in [-0.25, -0.2) is 4.79 Å². The molecule has 3 amide bonds. The summed E-state index contributed by atoms with van der Waals surface area (Å²) < 4.78 is 5.51. The molecular weight excluding hydrogens is 308 g/mol. The number of nitrogens with one attached hydrogen (secondary N) is 2. The van der Waals surface area contributed by atoms with Gasteiger partial charge >= 0.3 is 6.03 Å². The van der Waals surface area contributed by atoms with Crippen molar-refractivity contribution in [3.8, 4) is 5.75 Å². The molecule has 0 saturated heterocycles. The van der Waals surface area contributed by atoms with Gasteiger partial charge in [-0.05, 0) is 59.1 Å². The number of urea groups is 1. The maximum absolute atomic E-state index is 12.4. The molecule has 0 fully saturated rings. The fourth-order valence-corrected chi connectivity index (χ4v) is 2.47. The lowest BCUT2D eigenvalue weighted by Gasteiger charge is -2.25. The van der Waals surface area contributed by atoms with Crippen molar-refractivity contribution in [2.75, 3.05) is 44.4 Å². The number of nitrogens with zero attached hydrogens (tertiary/aromatic N) is 2. The Hall–Kier alpha value is -2.28. The Morgan fingerprint density at radius 3 is 2.75 bits per heavy atom. The zero-order valence-electron chi connectivity index (χ0n) is 14.8. The van der Waals surface area contributed by atoms with Crippen LogP contribution in [0.1, 0.15) is 20.3 Å². The van der Waals surface area contributed by atoms with E-state index in [0.29, 0.717) is 30.2 Å². The molecule has 1 aromatic rings. The molecule has 1 heterocycles. The van der Waals surface area contributed by atoms with Crippen LogP contribution in [0.4, 0.5) is 16.2 Å². The first-order chi connectivity index (χ1) is 11.4. The first-order valence-electron chi connectivity index (χ1n) is 8.23. The summed E-state index contributed by atoms with van der Waals surface area (Å²) in [5.41, 5.74) is 1.20. The minimum atomic E-state index is -0.509. The second-order valence-corrected chi connectivity index (χ2v) is 6.13. The molecule has 0 aliphatic carbocycles. The van der Waals surface area contributed by atoms with Crippen LogP contribution in [0, 0.1) is 0 Å². The number of amides is 3. The molecular formula is C17H26N4O3. The smallest absolute Gasteiger partial charge is 0.321 e. The summed E-state index contributed by atoms with van der Waals surface area (Å²) >= 11 is 0. The molecule has 1 aliphatic heterocycles. The second kappa shape index (κ2) is 8.01. The highest BCUT2D eigenvalue weighted by Gasteiger charge is 2.23. The second-order valence-electron chi connectivity index (χ2n) is 6.13. The molecule has 0 spiro atoms. The third-order valence-electron chi connectivity index (χ3n) is 3.86. The third-order valence-corrected chi connectivity index (χ3v) is 3.86. The molecule has 0 bridgehead atoms. The van der Waals surface area contributed by atoms with Crippen LogP contribution in [-0.4, -0.2) is 61.6 Å². The van der Waals surface area contributed by atoms with Gasteiger partial charge in [0, 0.05) is 18.8 Å². The maximum Gasteiger partial charge on any atom is 0.321 e. The molecule has 1 aliphatic rings. The molecule has 0 unspecified atom stereocenters. The first kappa shape index (κ1) is 18.1. The van der Waals surface area contributed by atoms with Crippen molar-refractivity contribution in [2.45, 2.75) is 26.4 Å². The van der Waals surface area contributed by atoms with E-state index in [1.807, 2.05) is 21.0 Å². The van der Waals surface area contributed by atoms with E-state index in [0.717, 1.165) is 13.0 Å². The molecule has 7 nitrogen and oxygen atoms in total. The molecule has 132 valence electrons. The Morgan fingerprint density at radius 1 is 1.33 bits per heavy atom. The minimum absolute atomic E-state index is 0.146. The van der Waals surface area contributed by atoms with Crippen LogP contribution in [0.2, 0.25) is 0 Å². The summed E-state index contributed by atoms with van der Waals surface area (Å²) in [6.07, 6.45) is 0.408. The predicted octanol–water partition coefficient (Wildman–Crippen LogP) is 2.21. The average molecular weight is 334 g/mol. The van der Waals surface area contributed by atoms with Crippen molar-refractivity contribution in [2.24, 2.45) is 0 Å². The number of ether oxygens (including phenoxy) is 1. The monoisotopic (exact) mass is 334 g/mol. The van der Waals surface area contributed by atoms with Gasteiger partial charge in [0.05, 0.1) is 5.69 Å². The standard InChI is InChI=1S/C17H26N4O3/c1-5-21(10-6-9-20(3)4)17(23)18-13-7-8-15-14(11-13)19-16(22)12(2)24-15/h7-8,11-12H,5-6,9-10H2,1-4H3,(H,18,23)(H,19,22)/t12-/m0/s1. The van der Waals surface area contributed by atoms with Crippen LogP contribution in [0.15, 0.2) is 18.2 Å². The van der Waals surface area contributed by atoms with Crippen molar-refractivity contribution >= 4 is 23.3 Å². The summed E-state index contributed by atoms with van der Waals surface area (Å²) in [7, 11) is 4.03. The number of benzene rings is 1. The summed E-state index contributed by atoms with van der Waals surface area (Å²) in [6, 6.07) is 5.09. The summed E-state index contributed by atoms with van der Waals surface area (Å²) in [5.74, 6) is 0.420. The van der Waals surface area contributed by atoms with E-state index in [1.54, 1.807) is 30.0 Å². The van der Waals surface area contributed by atoms with Crippen LogP contribution in [0.3, 0.4) is 0 Å². The maximum atomic E-state index is 12.4. The quantitative estimate of drug-likeness (QED) is 0.836. The molecule has 2 rings (SSSR count). The lowest BCUT2D eigenvalue weighted by Crippen LogP contribution is -2.37. The number of fused-ring (bicyclic) bond motifs is 1. The molecule has 1 aromatic carbocycles. The SMILES string of the molecule is CCN(CCCN(C)C)C(=O)Nc1ccc2c(c1)NC(=O)[C@H](C)O2. The van der Waals surface area contributed by atoms with E-state index in [2.05, 4.69) is 15.5 Å². The number of rotatable bonds is 6. The molecule has 24 heavy (non-hydrogen) atoms. The van der Waals surface area contributed by atoms with Gasteiger partial charge in [0.25, 0.3) is 5.91 Å². The first-order valence-corrected chi connectivity index (χ1v) is 8.23. The van der Waals surface area contributed by atoms with Gasteiger partial charge in [-0.2, -0.15) is 0 Å². The average Bonchev–Trinajstić information content (AvgIpc) is 2.52. The number of anilines is 2. The number of carbonyl (C=O) groups is 2. The molecule has 0 saturated carbocycles. The number of hydrogen-bond acceptors (Lipinski definition) is 4. The molecule has 2 N–H and O–H groups in total. The van der Waals surface area contributed by atoms with Crippen molar-refractivity contribution < 1.29 is 14.3 Å². The lowest BCUT2D eigenvalue weighted by atomic mass is 10.2. The molecule has 7 heteroatoms. The van der Waals surface area contributed by atoms with Crippen LogP contribution in [0.5, 0.6) is 5.75 Å². The Balaban J connectivity index is 1.98. The summed E-state index contributed by atoms with van der Waals surface area (Å²) in [5, 5.41) is 5.65. The largest absolute Gasteiger partial charge is 0.479 e. The van der Waals surface area contributed by atoms with Crippen molar-refractivity contribution in [3.05, 3.63) is 18.2 Å².